The van der Waals surface area contributed by atoms with Gasteiger partial charge in [-0.2, -0.15) is 0 Å². The Kier molecular flexibility index (Phi) is 8.72. The minimum absolute atomic E-state index is 1.12. The molecule has 0 fully saturated rings. The van der Waals surface area contributed by atoms with E-state index in [0.717, 1.165) is 29.2 Å². The molecular weight excluding hydrogens is 691 g/mol. The Morgan fingerprint density at radius 3 is 1.75 bits per heavy atom. The van der Waals surface area contributed by atoms with Crippen molar-refractivity contribution < 1.29 is 0 Å². The van der Waals surface area contributed by atoms with Crippen LogP contribution in [0.4, 0.5) is 17.1 Å². The molecule has 0 spiro atoms. The highest BCUT2D eigenvalue weighted by Crippen LogP contribution is 2.43. The van der Waals surface area contributed by atoms with Crippen LogP contribution in [-0.2, 0) is 6.42 Å². The van der Waals surface area contributed by atoms with E-state index in [2.05, 4.69) is 217 Å². The molecule has 0 aliphatic heterocycles. The highest BCUT2D eigenvalue weighted by Gasteiger charge is 2.21. The standard InChI is InChI=1S/C54H45N3/c1-4-5-13-39-23-29-43(30-24-39)55(42-27-21-37(2)22-28-42)44-31-25-40(26-32-44)41-14-11-16-46(36-41)57-50-19-8-6-17-47(50)48-33-34-52-53(54(48)57)49-18-7-9-20-51(49)56(52)45-15-10-12-38(3)35-45/h6-12,14-36H,4-5,13H2,1-3H3. The third kappa shape index (κ3) is 6.07. The number of para-hydroxylation sites is 2. The SMILES string of the molecule is CCCCc1ccc(N(c2ccc(C)cc2)c2ccc(-c3cccc(-n4c5ccccc5c5ccc6c(c7ccccc7n6-c6cccc(C)c6)c54)c3)cc2)cc1. The van der Waals surface area contributed by atoms with Crippen LogP contribution in [0.15, 0.2) is 182 Å². The van der Waals surface area contributed by atoms with Gasteiger partial charge in [-0.1, -0.05) is 122 Å². The summed E-state index contributed by atoms with van der Waals surface area (Å²) in [7, 11) is 0. The zero-order valence-electron chi connectivity index (χ0n) is 32.8. The van der Waals surface area contributed by atoms with Crippen molar-refractivity contribution in [2.24, 2.45) is 0 Å². The summed E-state index contributed by atoms with van der Waals surface area (Å²) in [4.78, 5) is 2.36. The number of hydrogen-bond donors (Lipinski definition) is 0. The van der Waals surface area contributed by atoms with Crippen LogP contribution < -0.4 is 4.90 Å². The van der Waals surface area contributed by atoms with Crippen LogP contribution in [0.2, 0.25) is 0 Å². The van der Waals surface area contributed by atoms with Gasteiger partial charge in [-0.05, 0) is 128 Å². The second-order valence-electron chi connectivity index (χ2n) is 15.4. The summed E-state index contributed by atoms with van der Waals surface area (Å²) < 4.78 is 4.92. The molecule has 57 heavy (non-hydrogen) atoms. The molecule has 8 aromatic carbocycles. The Bertz CT molecular complexity index is 3050. The number of anilines is 3. The van der Waals surface area contributed by atoms with E-state index in [1.807, 2.05) is 0 Å². The van der Waals surface area contributed by atoms with E-state index in [1.165, 1.54) is 90.0 Å². The number of benzene rings is 8. The molecule has 10 rings (SSSR count). The first-order valence-electron chi connectivity index (χ1n) is 20.2. The van der Waals surface area contributed by atoms with Gasteiger partial charge in [0.2, 0.25) is 0 Å². The lowest BCUT2D eigenvalue weighted by Crippen LogP contribution is -2.10. The highest BCUT2D eigenvalue weighted by atomic mass is 15.1. The van der Waals surface area contributed by atoms with Crippen LogP contribution in [0, 0.1) is 13.8 Å². The summed E-state index contributed by atoms with van der Waals surface area (Å²) in [6, 6.07) is 67.2. The average molecular weight is 736 g/mol. The number of rotatable bonds is 9. The van der Waals surface area contributed by atoms with E-state index >= 15 is 0 Å². The fraction of sp³-hybridized carbons (Fsp3) is 0.111. The summed E-state index contributed by atoms with van der Waals surface area (Å²) >= 11 is 0. The van der Waals surface area contributed by atoms with E-state index in [0.29, 0.717) is 0 Å². The number of unbranched alkanes of at least 4 members (excludes halogenated alkanes) is 1. The van der Waals surface area contributed by atoms with E-state index < -0.39 is 0 Å². The lowest BCUT2D eigenvalue weighted by Gasteiger charge is -2.26. The molecular formula is C54H45N3. The van der Waals surface area contributed by atoms with Crippen LogP contribution in [0.3, 0.4) is 0 Å². The smallest absolute Gasteiger partial charge is 0.0641 e. The van der Waals surface area contributed by atoms with E-state index in [-0.39, 0.29) is 0 Å². The van der Waals surface area contributed by atoms with E-state index in [9.17, 15) is 0 Å². The largest absolute Gasteiger partial charge is 0.311 e. The average Bonchev–Trinajstić information content (AvgIpc) is 3.77. The summed E-state index contributed by atoms with van der Waals surface area (Å²) in [6.07, 6.45) is 3.53. The molecule has 276 valence electrons. The highest BCUT2D eigenvalue weighted by molar-refractivity contribution is 6.26. The molecule has 0 radical (unpaired) electrons. The summed E-state index contributed by atoms with van der Waals surface area (Å²) in [6.45, 7) is 6.56. The summed E-state index contributed by atoms with van der Waals surface area (Å²) in [5, 5.41) is 5.04. The minimum atomic E-state index is 1.12. The predicted octanol–water partition coefficient (Wildman–Crippen LogP) is 15.0. The first kappa shape index (κ1) is 34.6. The van der Waals surface area contributed by atoms with Gasteiger partial charge in [0.25, 0.3) is 0 Å². The molecule has 2 aromatic heterocycles. The quantitative estimate of drug-likeness (QED) is 0.144. The first-order valence-corrected chi connectivity index (χ1v) is 20.2. The van der Waals surface area contributed by atoms with Crippen LogP contribution in [-0.4, -0.2) is 9.13 Å². The molecule has 3 heteroatoms. The minimum Gasteiger partial charge on any atom is -0.311 e. The number of nitrogens with zero attached hydrogens (tertiary/aromatic N) is 3. The zero-order valence-corrected chi connectivity index (χ0v) is 32.8. The maximum atomic E-state index is 2.49. The predicted molar refractivity (Wildman–Crippen MR) is 243 cm³/mol. The lowest BCUT2D eigenvalue weighted by molar-refractivity contribution is 0.795. The maximum absolute atomic E-state index is 2.49. The van der Waals surface area contributed by atoms with Gasteiger partial charge in [0.05, 0.1) is 22.1 Å². The number of aryl methyl sites for hydroxylation is 3. The summed E-state index contributed by atoms with van der Waals surface area (Å²) in [5.41, 5.74) is 16.9. The van der Waals surface area contributed by atoms with Crippen molar-refractivity contribution in [2.75, 3.05) is 4.90 Å². The first-order chi connectivity index (χ1) is 28.1. The monoisotopic (exact) mass is 735 g/mol. The molecule has 0 atom stereocenters. The van der Waals surface area contributed by atoms with Gasteiger partial charge in [-0.25, -0.2) is 0 Å². The van der Waals surface area contributed by atoms with Gasteiger partial charge in [-0.15, -0.1) is 0 Å². The third-order valence-corrected chi connectivity index (χ3v) is 11.6. The zero-order chi connectivity index (χ0) is 38.5. The van der Waals surface area contributed by atoms with Gasteiger partial charge in [0.1, 0.15) is 0 Å². The Morgan fingerprint density at radius 1 is 0.439 bits per heavy atom. The molecule has 2 heterocycles. The van der Waals surface area contributed by atoms with Crippen molar-refractivity contribution in [3.05, 3.63) is 199 Å². The lowest BCUT2D eigenvalue weighted by atomic mass is 10.0. The van der Waals surface area contributed by atoms with Gasteiger partial charge in [0, 0.05) is 50.0 Å². The van der Waals surface area contributed by atoms with E-state index in [4.69, 9.17) is 0 Å². The third-order valence-electron chi connectivity index (χ3n) is 11.6. The Hall–Kier alpha value is -6.84. The van der Waals surface area contributed by atoms with Gasteiger partial charge >= 0.3 is 0 Å². The molecule has 0 unspecified atom stereocenters. The van der Waals surface area contributed by atoms with Gasteiger partial charge < -0.3 is 14.0 Å². The van der Waals surface area contributed by atoms with Crippen LogP contribution >= 0.6 is 0 Å². The van der Waals surface area contributed by atoms with Crippen molar-refractivity contribution in [2.45, 2.75) is 40.0 Å². The molecule has 10 aromatic rings. The fourth-order valence-electron chi connectivity index (χ4n) is 8.78. The Balaban J connectivity index is 1.11. The van der Waals surface area contributed by atoms with Crippen molar-refractivity contribution >= 4 is 60.7 Å². The fourth-order valence-corrected chi connectivity index (χ4v) is 8.78. The molecule has 3 nitrogen and oxygen atoms in total. The molecule has 0 amide bonds. The van der Waals surface area contributed by atoms with E-state index in [1.54, 1.807) is 0 Å². The summed E-state index contributed by atoms with van der Waals surface area (Å²) in [5.74, 6) is 0. The van der Waals surface area contributed by atoms with Crippen LogP contribution in [0.5, 0.6) is 0 Å². The number of fused-ring (bicyclic) bond motifs is 7. The number of hydrogen-bond acceptors (Lipinski definition) is 1. The van der Waals surface area contributed by atoms with Gasteiger partial charge in [0.15, 0.2) is 0 Å². The molecule has 0 N–H and O–H groups in total. The van der Waals surface area contributed by atoms with Crippen LogP contribution in [0.25, 0.3) is 66.1 Å². The molecule has 0 saturated carbocycles. The van der Waals surface area contributed by atoms with Crippen LogP contribution in [0.1, 0.15) is 36.5 Å². The van der Waals surface area contributed by atoms with Crippen molar-refractivity contribution in [1.29, 1.82) is 0 Å². The van der Waals surface area contributed by atoms with Gasteiger partial charge in [-0.3, -0.25) is 0 Å². The number of aromatic nitrogens is 2. The molecule has 0 saturated heterocycles. The normalized spacial score (nSPS) is 11.6. The molecule has 0 aliphatic carbocycles. The van der Waals surface area contributed by atoms with Crippen molar-refractivity contribution in [3.63, 3.8) is 0 Å². The molecule has 0 bridgehead atoms. The second-order valence-corrected chi connectivity index (χ2v) is 15.4. The Labute approximate surface area is 334 Å². The Morgan fingerprint density at radius 2 is 1.05 bits per heavy atom. The topological polar surface area (TPSA) is 13.1 Å². The van der Waals surface area contributed by atoms with Crippen molar-refractivity contribution in [1.82, 2.24) is 9.13 Å². The maximum Gasteiger partial charge on any atom is 0.0641 e. The second kappa shape index (κ2) is 14.3. The van der Waals surface area contributed by atoms with Crippen molar-refractivity contribution in [3.8, 4) is 22.5 Å². The molecule has 0 aliphatic rings.